The van der Waals surface area contributed by atoms with Crippen molar-refractivity contribution >= 4 is 11.6 Å². The number of primary amides is 1. The number of furan rings is 1. The Morgan fingerprint density at radius 1 is 1.29 bits per heavy atom. The van der Waals surface area contributed by atoms with Crippen LogP contribution in [0.15, 0.2) is 53.1 Å². The molecule has 7 heteroatoms. The minimum Gasteiger partial charge on any atom is -0.467 e. The first-order valence-corrected chi connectivity index (χ1v) is 7.24. The van der Waals surface area contributed by atoms with Crippen LogP contribution >= 0.6 is 0 Å². The fraction of sp³-hybridized carbons (Fsp3) is 0.118. The Morgan fingerprint density at radius 2 is 2.08 bits per heavy atom. The second kappa shape index (κ2) is 6.04. The summed E-state index contributed by atoms with van der Waals surface area (Å²) >= 11 is 0. The average Bonchev–Trinajstić information content (AvgIpc) is 3.17. The maximum atomic E-state index is 11.7. The lowest BCUT2D eigenvalue weighted by molar-refractivity contribution is -0.384. The van der Waals surface area contributed by atoms with Crippen LogP contribution < -0.4 is 5.73 Å². The highest BCUT2D eigenvalue weighted by Gasteiger charge is 2.19. The number of carbonyl (C=O) groups excluding carboxylic acids is 1. The van der Waals surface area contributed by atoms with Crippen molar-refractivity contribution in [1.82, 2.24) is 4.57 Å². The quantitative estimate of drug-likeness (QED) is 0.574. The minimum absolute atomic E-state index is 0.0171. The predicted molar refractivity (Wildman–Crippen MR) is 87.6 cm³/mol. The number of non-ortho nitro benzene ring substituents is 1. The van der Waals surface area contributed by atoms with Crippen molar-refractivity contribution in [1.29, 1.82) is 0 Å². The van der Waals surface area contributed by atoms with Crippen molar-refractivity contribution in [2.75, 3.05) is 0 Å². The Balaban J connectivity index is 2.15. The highest BCUT2D eigenvalue weighted by molar-refractivity contribution is 5.95. The van der Waals surface area contributed by atoms with E-state index in [1.165, 1.54) is 12.1 Å². The van der Waals surface area contributed by atoms with Gasteiger partial charge in [-0.1, -0.05) is 12.1 Å². The van der Waals surface area contributed by atoms with Gasteiger partial charge < -0.3 is 14.7 Å². The molecule has 1 aromatic carbocycles. The third kappa shape index (κ3) is 2.79. The van der Waals surface area contributed by atoms with Gasteiger partial charge in [-0.25, -0.2) is 0 Å². The Kier molecular flexibility index (Phi) is 3.91. The van der Waals surface area contributed by atoms with E-state index in [1.807, 2.05) is 10.6 Å². The lowest BCUT2D eigenvalue weighted by Gasteiger charge is -2.10. The molecule has 0 fully saturated rings. The maximum Gasteiger partial charge on any atom is 0.270 e. The van der Waals surface area contributed by atoms with E-state index in [-0.39, 0.29) is 5.69 Å². The topological polar surface area (TPSA) is 104 Å². The van der Waals surface area contributed by atoms with Crippen molar-refractivity contribution in [2.24, 2.45) is 5.73 Å². The Labute approximate surface area is 137 Å². The summed E-state index contributed by atoms with van der Waals surface area (Å²) in [5, 5.41) is 11.0. The Bertz CT molecular complexity index is 910. The van der Waals surface area contributed by atoms with Gasteiger partial charge in [0.25, 0.3) is 11.6 Å². The molecule has 122 valence electrons. The number of benzene rings is 1. The first kappa shape index (κ1) is 15.5. The monoisotopic (exact) mass is 325 g/mol. The Hall–Kier alpha value is -3.35. The molecule has 2 N–H and O–H groups in total. The summed E-state index contributed by atoms with van der Waals surface area (Å²) in [5.74, 6) is 0.161. The van der Waals surface area contributed by atoms with Crippen LogP contribution in [0.3, 0.4) is 0 Å². The largest absolute Gasteiger partial charge is 0.467 e. The van der Waals surface area contributed by atoms with Crippen LogP contribution in [0.4, 0.5) is 5.69 Å². The molecule has 2 heterocycles. The highest BCUT2D eigenvalue weighted by Crippen LogP contribution is 2.29. The summed E-state index contributed by atoms with van der Waals surface area (Å²) in [6.07, 6.45) is 1.57. The van der Waals surface area contributed by atoms with E-state index in [2.05, 4.69) is 0 Å². The van der Waals surface area contributed by atoms with Crippen LogP contribution in [0.25, 0.3) is 11.3 Å². The van der Waals surface area contributed by atoms with E-state index in [0.29, 0.717) is 34.8 Å². The molecule has 0 atom stereocenters. The zero-order valence-electron chi connectivity index (χ0n) is 12.9. The third-order valence-electron chi connectivity index (χ3n) is 3.88. The second-order valence-corrected chi connectivity index (χ2v) is 5.37. The smallest absolute Gasteiger partial charge is 0.270 e. The zero-order chi connectivity index (χ0) is 17.3. The molecule has 0 aliphatic rings. The fourth-order valence-corrected chi connectivity index (χ4v) is 2.67. The van der Waals surface area contributed by atoms with Crippen LogP contribution in [0, 0.1) is 17.0 Å². The number of rotatable bonds is 5. The van der Waals surface area contributed by atoms with E-state index in [1.54, 1.807) is 37.5 Å². The van der Waals surface area contributed by atoms with Gasteiger partial charge in [-0.15, -0.1) is 0 Å². The zero-order valence-corrected chi connectivity index (χ0v) is 12.9. The van der Waals surface area contributed by atoms with Crippen molar-refractivity contribution in [3.63, 3.8) is 0 Å². The van der Waals surface area contributed by atoms with Gasteiger partial charge in [-0.3, -0.25) is 14.9 Å². The van der Waals surface area contributed by atoms with Gasteiger partial charge >= 0.3 is 0 Å². The minimum atomic E-state index is -0.544. The average molecular weight is 325 g/mol. The molecule has 24 heavy (non-hydrogen) atoms. The maximum absolute atomic E-state index is 11.7. The van der Waals surface area contributed by atoms with E-state index < -0.39 is 10.8 Å². The molecule has 0 saturated heterocycles. The molecule has 0 unspecified atom stereocenters. The molecule has 7 nitrogen and oxygen atoms in total. The number of nitrogens with zero attached hydrogens (tertiary/aromatic N) is 2. The van der Waals surface area contributed by atoms with E-state index >= 15 is 0 Å². The van der Waals surface area contributed by atoms with E-state index in [4.69, 9.17) is 10.2 Å². The first-order valence-electron chi connectivity index (χ1n) is 7.24. The number of nitro groups is 1. The first-order chi connectivity index (χ1) is 11.5. The summed E-state index contributed by atoms with van der Waals surface area (Å²) in [4.78, 5) is 22.2. The summed E-state index contributed by atoms with van der Waals surface area (Å²) in [7, 11) is 0. The number of aromatic nitrogens is 1. The van der Waals surface area contributed by atoms with Gasteiger partial charge in [-0.2, -0.15) is 0 Å². The molecule has 2 aromatic heterocycles. The van der Waals surface area contributed by atoms with Gasteiger partial charge in [-0.05, 0) is 25.1 Å². The summed E-state index contributed by atoms with van der Waals surface area (Å²) in [6.45, 7) is 2.17. The molecule has 0 saturated carbocycles. The van der Waals surface area contributed by atoms with Gasteiger partial charge in [0.05, 0.1) is 23.3 Å². The van der Waals surface area contributed by atoms with Gasteiger partial charge in [0.1, 0.15) is 5.76 Å². The molecule has 0 spiro atoms. The van der Waals surface area contributed by atoms with E-state index in [0.717, 1.165) is 0 Å². The van der Waals surface area contributed by atoms with Crippen molar-refractivity contribution in [2.45, 2.75) is 13.5 Å². The van der Waals surface area contributed by atoms with E-state index in [9.17, 15) is 14.9 Å². The van der Waals surface area contributed by atoms with Gasteiger partial charge in [0.2, 0.25) is 0 Å². The molecule has 3 rings (SSSR count). The number of nitro benzene ring substituents is 1. The molecule has 0 bridgehead atoms. The van der Waals surface area contributed by atoms with Gasteiger partial charge in [0.15, 0.2) is 0 Å². The van der Waals surface area contributed by atoms with Gasteiger partial charge in [0, 0.05) is 29.1 Å². The van der Waals surface area contributed by atoms with Crippen LogP contribution in [0.2, 0.25) is 0 Å². The normalized spacial score (nSPS) is 10.7. The fourth-order valence-electron chi connectivity index (χ4n) is 2.67. The SMILES string of the molecule is Cc1c(C(N)=O)cc(-c2cccc([N+](=O)[O-])c2)n1Cc1ccco1. The lowest BCUT2D eigenvalue weighted by atomic mass is 10.1. The summed E-state index contributed by atoms with van der Waals surface area (Å²) < 4.78 is 7.23. The second-order valence-electron chi connectivity index (χ2n) is 5.37. The number of hydrogen-bond donors (Lipinski definition) is 1. The lowest BCUT2D eigenvalue weighted by Crippen LogP contribution is -2.12. The van der Waals surface area contributed by atoms with Crippen LogP contribution in [-0.4, -0.2) is 15.4 Å². The van der Waals surface area contributed by atoms with Crippen LogP contribution in [0.5, 0.6) is 0 Å². The van der Waals surface area contributed by atoms with Crippen molar-refractivity contribution < 1.29 is 14.1 Å². The summed E-state index contributed by atoms with van der Waals surface area (Å²) in [5.41, 5.74) is 7.78. The number of amides is 1. The number of hydrogen-bond acceptors (Lipinski definition) is 4. The standard InChI is InChI=1S/C17H15N3O4/c1-11-15(17(18)21)9-16(19(11)10-14-6-3-7-24-14)12-4-2-5-13(8-12)20(22)23/h2-9H,10H2,1H3,(H2,18,21). The highest BCUT2D eigenvalue weighted by atomic mass is 16.6. The van der Waals surface area contributed by atoms with Crippen LogP contribution in [-0.2, 0) is 6.54 Å². The number of carbonyl (C=O) groups is 1. The molecule has 3 aromatic rings. The molecule has 0 aliphatic carbocycles. The molecule has 1 amide bonds. The molecular weight excluding hydrogens is 310 g/mol. The summed E-state index contributed by atoms with van der Waals surface area (Å²) in [6, 6.07) is 11.5. The van der Waals surface area contributed by atoms with Crippen LogP contribution in [0.1, 0.15) is 21.8 Å². The molecule has 0 aliphatic heterocycles. The van der Waals surface area contributed by atoms with Crippen molar-refractivity contribution in [3.8, 4) is 11.3 Å². The third-order valence-corrected chi connectivity index (χ3v) is 3.88. The predicted octanol–water partition coefficient (Wildman–Crippen LogP) is 3.11. The molecular formula is C17H15N3O4. The Morgan fingerprint density at radius 3 is 2.71 bits per heavy atom. The number of nitrogens with two attached hydrogens (primary N) is 1. The van der Waals surface area contributed by atoms with Crippen molar-refractivity contribution in [3.05, 3.63) is 75.9 Å². The molecule has 0 radical (unpaired) electrons.